The second-order valence-corrected chi connectivity index (χ2v) is 5.73. The summed E-state index contributed by atoms with van der Waals surface area (Å²) in [5.41, 5.74) is 8.46. The Morgan fingerprint density at radius 2 is 1.89 bits per heavy atom. The largest absolute Gasteiger partial charge is 0.371 e. The Kier molecular flexibility index (Phi) is 4.90. The lowest BCUT2D eigenvalue weighted by molar-refractivity contribution is 0.726. The fraction of sp³-hybridized carbons (Fsp3) is 0.600. The number of nitrogens with two attached hydrogens (primary N) is 1. The van der Waals surface area contributed by atoms with Crippen molar-refractivity contribution in [2.24, 2.45) is 5.73 Å². The van der Waals surface area contributed by atoms with Crippen LogP contribution in [0.5, 0.6) is 0 Å². The molecule has 1 aliphatic rings. The van der Waals surface area contributed by atoms with Gasteiger partial charge in [-0.15, -0.1) is 0 Å². The molecule has 0 saturated carbocycles. The maximum Gasteiger partial charge on any atom is 0.0459 e. The van der Waals surface area contributed by atoms with E-state index in [0.29, 0.717) is 0 Å². The number of benzene rings is 1. The van der Waals surface area contributed by atoms with E-state index in [4.69, 9.17) is 17.3 Å². The van der Waals surface area contributed by atoms with Crippen molar-refractivity contribution in [1.29, 1.82) is 0 Å². The number of nitrogens with zero attached hydrogens (tertiary/aromatic N) is 1. The van der Waals surface area contributed by atoms with E-state index in [9.17, 15) is 0 Å². The van der Waals surface area contributed by atoms with Gasteiger partial charge in [-0.3, -0.25) is 0 Å². The maximum absolute atomic E-state index is 6.35. The van der Waals surface area contributed by atoms with Gasteiger partial charge in [0.25, 0.3) is 0 Å². The predicted molar refractivity (Wildman–Crippen MR) is 79.5 cm³/mol. The van der Waals surface area contributed by atoms with E-state index in [1.54, 1.807) is 0 Å². The van der Waals surface area contributed by atoms with Gasteiger partial charge in [-0.1, -0.05) is 30.5 Å². The molecule has 0 aromatic heterocycles. The standard InChI is InChI=1S/C15H23ClN2/c1-12(17)11-13-14(16)7-6-8-15(13)18-9-4-2-3-5-10-18/h6-8,12H,2-5,9-11,17H2,1H3. The zero-order valence-corrected chi connectivity index (χ0v) is 11.9. The van der Waals surface area contributed by atoms with Gasteiger partial charge in [-0.05, 0) is 43.9 Å². The van der Waals surface area contributed by atoms with Crippen molar-refractivity contribution in [3.8, 4) is 0 Å². The van der Waals surface area contributed by atoms with Gasteiger partial charge in [0.2, 0.25) is 0 Å². The molecule has 0 aliphatic carbocycles. The van der Waals surface area contributed by atoms with E-state index in [1.807, 2.05) is 19.1 Å². The van der Waals surface area contributed by atoms with Gasteiger partial charge >= 0.3 is 0 Å². The third-order valence-electron chi connectivity index (χ3n) is 3.57. The minimum absolute atomic E-state index is 0.149. The molecule has 3 heteroatoms. The fourth-order valence-electron chi connectivity index (χ4n) is 2.68. The highest BCUT2D eigenvalue weighted by atomic mass is 35.5. The van der Waals surface area contributed by atoms with Crippen LogP contribution < -0.4 is 10.6 Å². The molecular weight excluding hydrogens is 244 g/mol. The van der Waals surface area contributed by atoms with Crippen LogP contribution in [0.3, 0.4) is 0 Å². The third-order valence-corrected chi connectivity index (χ3v) is 3.92. The summed E-state index contributed by atoms with van der Waals surface area (Å²) >= 11 is 6.35. The zero-order valence-electron chi connectivity index (χ0n) is 11.2. The molecule has 1 aromatic carbocycles. The van der Waals surface area contributed by atoms with Crippen LogP contribution in [0.1, 0.15) is 38.2 Å². The lowest BCUT2D eigenvalue weighted by Crippen LogP contribution is -2.27. The minimum atomic E-state index is 0.149. The molecule has 18 heavy (non-hydrogen) atoms. The molecule has 2 nitrogen and oxygen atoms in total. The molecule has 1 aromatic rings. The summed E-state index contributed by atoms with van der Waals surface area (Å²) in [4.78, 5) is 2.48. The Labute approximate surface area is 115 Å². The SMILES string of the molecule is CC(N)Cc1c(Cl)cccc1N1CCCCCC1. The van der Waals surface area contributed by atoms with Crippen LogP contribution in [-0.4, -0.2) is 19.1 Å². The molecule has 0 spiro atoms. The van der Waals surface area contributed by atoms with Crippen molar-refractivity contribution in [3.63, 3.8) is 0 Å². The lowest BCUT2D eigenvalue weighted by Gasteiger charge is -2.26. The van der Waals surface area contributed by atoms with Gasteiger partial charge in [-0.25, -0.2) is 0 Å². The highest BCUT2D eigenvalue weighted by Gasteiger charge is 2.16. The Balaban J connectivity index is 2.27. The monoisotopic (exact) mass is 266 g/mol. The van der Waals surface area contributed by atoms with E-state index >= 15 is 0 Å². The van der Waals surface area contributed by atoms with Crippen LogP contribution in [0.2, 0.25) is 5.02 Å². The number of halogens is 1. The van der Waals surface area contributed by atoms with Crippen LogP contribution in [0.4, 0.5) is 5.69 Å². The number of rotatable bonds is 3. The van der Waals surface area contributed by atoms with Gasteiger partial charge in [0.05, 0.1) is 0 Å². The van der Waals surface area contributed by atoms with Crippen molar-refractivity contribution in [1.82, 2.24) is 0 Å². The summed E-state index contributed by atoms with van der Waals surface area (Å²) in [5, 5.41) is 0.856. The van der Waals surface area contributed by atoms with Gasteiger partial charge in [0, 0.05) is 29.8 Å². The predicted octanol–water partition coefficient (Wildman–Crippen LogP) is 3.61. The number of hydrogen-bond donors (Lipinski definition) is 1. The molecule has 100 valence electrons. The molecule has 0 radical (unpaired) electrons. The van der Waals surface area contributed by atoms with Crippen molar-refractivity contribution in [3.05, 3.63) is 28.8 Å². The Bertz CT molecular complexity index is 382. The van der Waals surface area contributed by atoms with Gasteiger partial charge < -0.3 is 10.6 Å². The normalized spacial score (nSPS) is 18.5. The molecular formula is C15H23ClN2. The number of anilines is 1. The Morgan fingerprint density at radius 3 is 2.50 bits per heavy atom. The summed E-state index contributed by atoms with van der Waals surface area (Å²) < 4.78 is 0. The smallest absolute Gasteiger partial charge is 0.0459 e. The molecule has 1 heterocycles. The van der Waals surface area contributed by atoms with Crippen LogP contribution >= 0.6 is 11.6 Å². The topological polar surface area (TPSA) is 29.3 Å². The first-order chi connectivity index (χ1) is 8.68. The molecule has 1 atom stereocenters. The molecule has 2 rings (SSSR count). The Morgan fingerprint density at radius 1 is 1.22 bits per heavy atom. The van der Waals surface area contributed by atoms with Crippen molar-refractivity contribution >= 4 is 17.3 Å². The van der Waals surface area contributed by atoms with Crippen molar-refractivity contribution < 1.29 is 0 Å². The molecule has 0 amide bonds. The second-order valence-electron chi connectivity index (χ2n) is 5.32. The van der Waals surface area contributed by atoms with E-state index in [2.05, 4.69) is 11.0 Å². The summed E-state index contributed by atoms with van der Waals surface area (Å²) in [6, 6.07) is 6.36. The third kappa shape index (κ3) is 3.39. The molecule has 1 saturated heterocycles. The van der Waals surface area contributed by atoms with Crippen molar-refractivity contribution in [2.45, 2.75) is 45.1 Å². The van der Waals surface area contributed by atoms with Crippen LogP contribution in [-0.2, 0) is 6.42 Å². The molecule has 2 N–H and O–H groups in total. The average molecular weight is 267 g/mol. The van der Waals surface area contributed by atoms with Gasteiger partial charge in [0.1, 0.15) is 0 Å². The molecule has 0 bridgehead atoms. The highest BCUT2D eigenvalue weighted by molar-refractivity contribution is 6.31. The summed E-state index contributed by atoms with van der Waals surface area (Å²) in [6.07, 6.45) is 6.11. The minimum Gasteiger partial charge on any atom is -0.371 e. The first-order valence-electron chi connectivity index (χ1n) is 6.96. The first-order valence-corrected chi connectivity index (χ1v) is 7.34. The highest BCUT2D eigenvalue weighted by Crippen LogP contribution is 2.30. The summed E-state index contributed by atoms with van der Waals surface area (Å²) in [6.45, 7) is 4.33. The van der Waals surface area contributed by atoms with Crippen LogP contribution in [0.25, 0.3) is 0 Å². The quantitative estimate of drug-likeness (QED) is 0.906. The van der Waals surface area contributed by atoms with Crippen LogP contribution in [0, 0.1) is 0 Å². The van der Waals surface area contributed by atoms with E-state index < -0.39 is 0 Å². The molecule has 1 fully saturated rings. The lowest BCUT2D eigenvalue weighted by atomic mass is 10.0. The molecule has 1 aliphatic heterocycles. The second kappa shape index (κ2) is 6.44. The van der Waals surface area contributed by atoms with E-state index in [0.717, 1.165) is 24.5 Å². The van der Waals surface area contributed by atoms with Gasteiger partial charge in [0.15, 0.2) is 0 Å². The fourth-order valence-corrected chi connectivity index (χ4v) is 2.93. The summed E-state index contributed by atoms with van der Waals surface area (Å²) in [5.74, 6) is 0. The number of hydrogen-bond acceptors (Lipinski definition) is 2. The first kappa shape index (κ1) is 13.7. The maximum atomic E-state index is 6.35. The van der Waals surface area contributed by atoms with E-state index in [-0.39, 0.29) is 6.04 Å². The average Bonchev–Trinajstić information content (AvgIpc) is 2.60. The Hall–Kier alpha value is -0.730. The molecule has 1 unspecified atom stereocenters. The zero-order chi connectivity index (χ0) is 13.0. The summed E-state index contributed by atoms with van der Waals surface area (Å²) in [7, 11) is 0. The van der Waals surface area contributed by atoms with Gasteiger partial charge in [-0.2, -0.15) is 0 Å². The van der Waals surface area contributed by atoms with E-state index in [1.165, 1.54) is 36.9 Å². The van der Waals surface area contributed by atoms with Crippen molar-refractivity contribution in [2.75, 3.05) is 18.0 Å². The van der Waals surface area contributed by atoms with Crippen LogP contribution in [0.15, 0.2) is 18.2 Å².